The van der Waals surface area contributed by atoms with Crippen LogP contribution in [-0.4, -0.2) is 103 Å². The lowest BCUT2D eigenvalue weighted by atomic mass is 9.92. The maximum Gasteiger partial charge on any atom is 0.326 e. The third kappa shape index (κ3) is 34.1. The molecule has 64 heavy (non-hydrogen) atoms. The summed E-state index contributed by atoms with van der Waals surface area (Å²) in [6, 6.07) is -1.18. The van der Waals surface area contributed by atoms with Gasteiger partial charge in [-0.2, -0.15) is 0 Å². The van der Waals surface area contributed by atoms with Gasteiger partial charge in [-0.1, -0.05) is 135 Å². The van der Waals surface area contributed by atoms with Crippen molar-refractivity contribution >= 4 is 108 Å². The number of rotatable bonds is 44. The zero-order valence-corrected chi connectivity index (χ0v) is 42.6. The molecule has 6 atom stereocenters. The second-order valence-corrected chi connectivity index (χ2v) is 22.4. The van der Waals surface area contributed by atoms with E-state index in [4.69, 9.17) is 5.11 Å². The number of carbonyl (C=O) groups excluding carboxylic acids is 6. The number of carbonyl (C=O) groups is 9. The van der Waals surface area contributed by atoms with E-state index in [-0.39, 0.29) is 97.6 Å². The molecule has 0 aromatic rings. The second kappa shape index (κ2) is 38.8. The molecule has 0 aliphatic rings. The van der Waals surface area contributed by atoms with E-state index in [0.29, 0.717) is 42.3 Å². The van der Waals surface area contributed by atoms with Crippen LogP contribution in [0.5, 0.6) is 0 Å². The number of carboxylic acid groups (broad SMARTS) is 3. The van der Waals surface area contributed by atoms with E-state index < -0.39 is 41.7 Å². The average molecular weight is 997 g/mol. The SMILES string of the molecule is CC(=O)[C@H](CSSC[C@H](C)C(=O)C[C@@H](CCCCNC(=O)CC[C@H](NC(=O)CCCCCCCCCCCCCCC(=O)O)C(=O)O)C(=O)O)CC(=O)[C@@H](C)CSSC[C@H](C)C(=O)S. The quantitative estimate of drug-likeness (QED) is 0.0190. The largest absolute Gasteiger partial charge is 0.481 e. The summed E-state index contributed by atoms with van der Waals surface area (Å²) in [5, 5.41) is 33.1. The van der Waals surface area contributed by atoms with Crippen molar-refractivity contribution < 1.29 is 58.5 Å². The Kier molecular flexibility index (Phi) is 37.5. The Labute approximate surface area is 402 Å². The molecule has 2 amide bonds. The Hall–Kier alpha value is -2.22. The highest BCUT2D eigenvalue weighted by molar-refractivity contribution is 8.77. The summed E-state index contributed by atoms with van der Waals surface area (Å²) in [5.74, 6) is -4.13. The third-order valence-corrected chi connectivity index (χ3v) is 16.7. The van der Waals surface area contributed by atoms with Gasteiger partial charge in [0.05, 0.1) is 5.92 Å². The van der Waals surface area contributed by atoms with Gasteiger partial charge < -0.3 is 26.0 Å². The van der Waals surface area contributed by atoms with Gasteiger partial charge in [0.25, 0.3) is 0 Å². The number of Topliss-reactive ketones (excluding diaryl/α,β-unsaturated/α-hetero) is 3. The van der Waals surface area contributed by atoms with Gasteiger partial charge in [-0.25, -0.2) is 4.79 Å². The lowest BCUT2D eigenvalue weighted by Crippen LogP contribution is -2.41. The van der Waals surface area contributed by atoms with Crippen LogP contribution >= 0.6 is 55.8 Å². The average Bonchev–Trinajstić information content (AvgIpc) is 3.23. The number of nitrogens with one attached hydrogen (secondary N) is 2. The summed E-state index contributed by atoms with van der Waals surface area (Å²) >= 11 is 3.84. The van der Waals surface area contributed by atoms with Gasteiger partial charge in [0.2, 0.25) is 11.8 Å². The van der Waals surface area contributed by atoms with Crippen LogP contribution in [0.1, 0.15) is 163 Å². The number of thiol groups is 1. The van der Waals surface area contributed by atoms with Crippen LogP contribution in [-0.2, 0) is 43.2 Å². The van der Waals surface area contributed by atoms with Crippen molar-refractivity contribution in [2.45, 2.75) is 169 Å². The lowest BCUT2D eigenvalue weighted by Gasteiger charge is -2.17. The van der Waals surface area contributed by atoms with Gasteiger partial charge in [0, 0.05) is 85.3 Å². The molecule has 0 bridgehead atoms. The number of unbranched alkanes of at least 4 members (excludes halogenated alkanes) is 12. The number of carboxylic acids is 3. The summed E-state index contributed by atoms with van der Waals surface area (Å²) < 4.78 is 0. The molecule has 368 valence electrons. The molecule has 0 fully saturated rings. The van der Waals surface area contributed by atoms with E-state index in [1.54, 1.807) is 13.8 Å². The van der Waals surface area contributed by atoms with E-state index in [1.807, 2.05) is 6.92 Å². The van der Waals surface area contributed by atoms with Crippen molar-refractivity contribution in [1.29, 1.82) is 0 Å². The number of ketones is 3. The van der Waals surface area contributed by atoms with Gasteiger partial charge in [0.15, 0.2) is 5.12 Å². The highest BCUT2D eigenvalue weighted by atomic mass is 33.1. The Morgan fingerprint density at radius 2 is 0.953 bits per heavy atom. The predicted molar refractivity (Wildman–Crippen MR) is 264 cm³/mol. The standard InChI is InChI=1S/C45H76N2O12S5/c1-31(28-62-64-30-36(34(4)48)26-39(50)32(2)27-61-63-29-33(3)45(59)60)38(49)25-35(43(55)56)19-17-18-24-46-40(51)23-22-37(44(57)58)47-41(52)20-15-13-11-9-7-5-6-8-10-12-14-16-21-42(53)54/h31-33,35-37H,5-30H2,1-4H3,(H,46,51)(H,47,52)(H,53,54)(H,55,56)(H,57,58)(H,59,60)/t31-,32-,33-,35+,36-,37-/m0/s1. The first kappa shape index (κ1) is 61.8. The summed E-state index contributed by atoms with van der Waals surface area (Å²) in [5.41, 5.74) is 0. The van der Waals surface area contributed by atoms with Gasteiger partial charge in [-0.15, -0.1) is 12.6 Å². The third-order valence-electron chi connectivity index (χ3n) is 10.9. The highest BCUT2D eigenvalue weighted by Gasteiger charge is 2.26. The van der Waals surface area contributed by atoms with Gasteiger partial charge in [-0.05, 0) is 39.0 Å². The molecule has 0 heterocycles. The van der Waals surface area contributed by atoms with E-state index in [2.05, 4.69) is 23.3 Å². The van der Waals surface area contributed by atoms with Crippen molar-refractivity contribution in [1.82, 2.24) is 10.6 Å². The Balaban J connectivity index is 4.31. The maximum atomic E-state index is 12.9. The topological polar surface area (TPSA) is 238 Å². The minimum atomic E-state index is -1.21. The molecule has 0 aliphatic heterocycles. The number of hydrogen-bond acceptors (Lipinski definition) is 13. The maximum absolute atomic E-state index is 12.9. The lowest BCUT2D eigenvalue weighted by molar-refractivity contribution is -0.144. The normalized spacial score (nSPS) is 14.1. The summed E-state index contributed by atoms with van der Waals surface area (Å²) in [7, 11) is 5.88. The fourth-order valence-corrected chi connectivity index (χ4v) is 12.1. The molecule has 0 aromatic carbocycles. The molecule has 19 heteroatoms. The molecular formula is C45H76N2O12S5. The molecule has 0 saturated heterocycles. The minimum absolute atomic E-state index is 0.00181. The molecule has 14 nitrogen and oxygen atoms in total. The number of amides is 2. The first-order valence-corrected chi connectivity index (χ1v) is 28.3. The van der Waals surface area contributed by atoms with Crippen LogP contribution in [0.2, 0.25) is 0 Å². The van der Waals surface area contributed by atoms with Crippen LogP contribution in [0.3, 0.4) is 0 Å². The van der Waals surface area contributed by atoms with E-state index in [0.717, 1.165) is 64.2 Å². The van der Waals surface area contributed by atoms with Crippen molar-refractivity contribution in [3.63, 3.8) is 0 Å². The van der Waals surface area contributed by atoms with Crippen LogP contribution < -0.4 is 10.6 Å². The molecule has 0 unspecified atom stereocenters. The Bertz CT molecular complexity index is 1440. The molecule has 0 aliphatic carbocycles. The van der Waals surface area contributed by atoms with Crippen LogP contribution in [0, 0.1) is 29.6 Å². The zero-order chi connectivity index (χ0) is 48.3. The number of hydrogen-bond donors (Lipinski definition) is 6. The molecule has 0 saturated carbocycles. The smallest absolute Gasteiger partial charge is 0.326 e. The second-order valence-electron chi connectivity index (χ2n) is 16.8. The first-order valence-electron chi connectivity index (χ1n) is 22.9. The first-order chi connectivity index (χ1) is 30.3. The highest BCUT2D eigenvalue weighted by Crippen LogP contribution is 2.31. The van der Waals surface area contributed by atoms with Crippen LogP contribution in [0.25, 0.3) is 0 Å². The zero-order valence-electron chi connectivity index (χ0n) is 38.4. The predicted octanol–water partition coefficient (Wildman–Crippen LogP) is 9.12. The van der Waals surface area contributed by atoms with Crippen molar-refractivity contribution in [3.8, 4) is 0 Å². The fraction of sp³-hybridized carbons (Fsp3) is 0.800. The molecule has 5 N–H and O–H groups in total. The molecule has 0 rings (SSSR count). The monoisotopic (exact) mass is 996 g/mol. The van der Waals surface area contributed by atoms with Gasteiger partial charge in [-0.3, -0.25) is 38.4 Å². The minimum Gasteiger partial charge on any atom is -0.481 e. The van der Waals surface area contributed by atoms with Crippen LogP contribution in [0.4, 0.5) is 0 Å². The van der Waals surface area contributed by atoms with Crippen molar-refractivity contribution in [2.24, 2.45) is 29.6 Å². The summed E-state index contributed by atoms with van der Waals surface area (Å²) in [4.78, 5) is 108. The number of aliphatic carboxylic acids is 3. The fourth-order valence-electron chi connectivity index (χ4n) is 6.32. The van der Waals surface area contributed by atoms with Crippen molar-refractivity contribution in [3.05, 3.63) is 0 Å². The summed E-state index contributed by atoms with van der Waals surface area (Å²) in [6.45, 7) is 7.10. The molecular weight excluding hydrogens is 921 g/mol. The summed E-state index contributed by atoms with van der Waals surface area (Å²) in [6.07, 6.45) is 13.6. The molecule has 0 radical (unpaired) electrons. The van der Waals surface area contributed by atoms with Gasteiger partial charge >= 0.3 is 17.9 Å². The van der Waals surface area contributed by atoms with Crippen LogP contribution in [0.15, 0.2) is 0 Å². The molecule has 0 spiro atoms. The van der Waals surface area contributed by atoms with Gasteiger partial charge in [0.1, 0.15) is 23.4 Å². The van der Waals surface area contributed by atoms with E-state index in [1.165, 1.54) is 56.5 Å². The Morgan fingerprint density at radius 1 is 0.500 bits per heavy atom. The van der Waals surface area contributed by atoms with Crippen molar-refractivity contribution in [2.75, 3.05) is 29.6 Å². The Morgan fingerprint density at radius 3 is 1.41 bits per heavy atom. The molecule has 0 aromatic heterocycles. The van der Waals surface area contributed by atoms with E-state index >= 15 is 0 Å². The van der Waals surface area contributed by atoms with E-state index in [9.17, 15) is 53.4 Å².